The molecule has 1 heterocycles. The maximum absolute atomic E-state index is 12.6. The van der Waals surface area contributed by atoms with Crippen LogP contribution < -0.4 is 4.74 Å². The first-order valence-electron chi connectivity index (χ1n) is 8.64. The highest BCUT2D eigenvalue weighted by Crippen LogP contribution is 2.62. The smallest absolute Gasteiger partial charge is 0.170 e. The number of ketones is 1. The lowest BCUT2D eigenvalue weighted by Gasteiger charge is -2.59. The van der Waals surface area contributed by atoms with Gasteiger partial charge in [0.2, 0.25) is 0 Å². The molecule has 1 aliphatic heterocycles. The molecule has 5 aliphatic rings. The number of hydrogen-bond donors (Lipinski definition) is 1. The minimum atomic E-state index is 0.0467. The molecule has 1 N–H and O–H groups in total. The SMILES string of the molecule is O=C1CC(C23CC4CC(CC(C4)C2)C3)Oc2ccc(O)cc21. The quantitative estimate of drug-likeness (QED) is 0.854. The topological polar surface area (TPSA) is 46.5 Å². The molecule has 4 fully saturated rings. The average Bonchev–Trinajstić information content (AvgIpc) is 2.46. The highest BCUT2D eigenvalue weighted by molar-refractivity contribution is 6.00. The summed E-state index contributed by atoms with van der Waals surface area (Å²) in [6, 6.07) is 4.93. The van der Waals surface area contributed by atoms with E-state index in [9.17, 15) is 9.90 Å². The van der Waals surface area contributed by atoms with Crippen LogP contribution in [-0.4, -0.2) is 17.0 Å². The zero-order valence-corrected chi connectivity index (χ0v) is 12.8. The van der Waals surface area contributed by atoms with Crippen molar-refractivity contribution in [1.82, 2.24) is 0 Å². The van der Waals surface area contributed by atoms with Crippen LogP contribution in [0.15, 0.2) is 18.2 Å². The van der Waals surface area contributed by atoms with Gasteiger partial charge in [0, 0.05) is 11.8 Å². The van der Waals surface area contributed by atoms with E-state index in [1.54, 1.807) is 18.2 Å². The fraction of sp³-hybridized carbons (Fsp3) is 0.632. The Morgan fingerprint density at radius 3 is 2.32 bits per heavy atom. The van der Waals surface area contributed by atoms with Crippen LogP contribution in [0.3, 0.4) is 0 Å². The minimum Gasteiger partial charge on any atom is -0.508 e. The molecule has 4 aliphatic carbocycles. The lowest BCUT2D eigenvalue weighted by atomic mass is 9.47. The van der Waals surface area contributed by atoms with Crippen molar-refractivity contribution in [3.63, 3.8) is 0 Å². The van der Waals surface area contributed by atoms with Gasteiger partial charge in [0.25, 0.3) is 0 Å². The molecule has 116 valence electrons. The minimum absolute atomic E-state index is 0.0467. The van der Waals surface area contributed by atoms with Crippen LogP contribution in [0.25, 0.3) is 0 Å². The summed E-state index contributed by atoms with van der Waals surface area (Å²) in [5.41, 5.74) is 0.793. The Kier molecular flexibility index (Phi) is 2.52. The average molecular weight is 298 g/mol. The molecule has 3 nitrogen and oxygen atoms in total. The molecule has 4 bridgehead atoms. The molecular weight excluding hydrogens is 276 g/mol. The van der Waals surface area contributed by atoms with E-state index in [1.165, 1.54) is 38.5 Å². The Bertz CT molecular complexity index is 613. The first-order valence-corrected chi connectivity index (χ1v) is 8.64. The number of ether oxygens (including phenoxy) is 1. The second-order valence-corrected chi connectivity index (χ2v) is 8.19. The molecule has 1 aromatic carbocycles. The van der Waals surface area contributed by atoms with Crippen molar-refractivity contribution in [3.8, 4) is 11.5 Å². The summed E-state index contributed by atoms with van der Waals surface area (Å²) in [6.07, 6.45) is 8.52. The van der Waals surface area contributed by atoms with Crippen LogP contribution in [-0.2, 0) is 0 Å². The normalized spacial score (nSPS) is 42.1. The lowest BCUT2D eigenvalue weighted by molar-refractivity contribution is -0.112. The first kappa shape index (κ1) is 13.0. The monoisotopic (exact) mass is 298 g/mol. The van der Waals surface area contributed by atoms with Crippen molar-refractivity contribution in [2.75, 3.05) is 0 Å². The van der Waals surface area contributed by atoms with E-state index >= 15 is 0 Å². The van der Waals surface area contributed by atoms with Crippen molar-refractivity contribution >= 4 is 5.78 Å². The molecule has 1 aromatic rings. The predicted octanol–water partition coefficient (Wildman–Crippen LogP) is 3.94. The molecule has 0 aromatic heterocycles. The van der Waals surface area contributed by atoms with E-state index in [-0.39, 0.29) is 23.1 Å². The van der Waals surface area contributed by atoms with Crippen LogP contribution in [0.5, 0.6) is 11.5 Å². The van der Waals surface area contributed by atoms with Crippen molar-refractivity contribution in [3.05, 3.63) is 23.8 Å². The molecular formula is C19H22O3. The van der Waals surface area contributed by atoms with Gasteiger partial charge in [-0.2, -0.15) is 0 Å². The number of fused-ring (bicyclic) bond motifs is 1. The van der Waals surface area contributed by atoms with Crippen molar-refractivity contribution < 1.29 is 14.6 Å². The van der Waals surface area contributed by atoms with Gasteiger partial charge in [-0.1, -0.05) is 0 Å². The number of phenols is 1. The van der Waals surface area contributed by atoms with Crippen LogP contribution in [0.4, 0.5) is 0 Å². The van der Waals surface area contributed by atoms with Gasteiger partial charge in [-0.3, -0.25) is 4.79 Å². The Morgan fingerprint density at radius 1 is 1.05 bits per heavy atom. The molecule has 0 radical (unpaired) electrons. The van der Waals surface area contributed by atoms with E-state index in [0.717, 1.165) is 17.8 Å². The van der Waals surface area contributed by atoms with E-state index in [1.807, 2.05) is 0 Å². The standard InChI is InChI=1S/C19H22O3/c20-14-1-2-17-15(6-14)16(21)7-18(22-17)19-8-11-3-12(9-19)5-13(4-11)10-19/h1-2,6,11-13,18,20H,3-5,7-10H2. The Labute approximate surface area is 130 Å². The fourth-order valence-electron chi connectivity index (χ4n) is 6.23. The third kappa shape index (κ3) is 1.77. The Morgan fingerprint density at radius 2 is 1.68 bits per heavy atom. The van der Waals surface area contributed by atoms with Gasteiger partial charge in [0.1, 0.15) is 17.6 Å². The van der Waals surface area contributed by atoms with Gasteiger partial charge in [0.05, 0.1) is 5.56 Å². The lowest BCUT2D eigenvalue weighted by Crippen LogP contribution is -2.54. The molecule has 0 amide bonds. The van der Waals surface area contributed by atoms with E-state index in [4.69, 9.17) is 4.74 Å². The van der Waals surface area contributed by atoms with Crippen LogP contribution in [0.1, 0.15) is 55.3 Å². The fourth-order valence-corrected chi connectivity index (χ4v) is 6.23. The summed E-state index contributed by atoms with van der Waals surface area (Å²) in [5.74, 6) is 3.56. The summed E-state index contributed by atoms with van der Waals surface area (Å²) in [6.45, 7) is 0. The van der Waals surface area contributed by atoms with Gasteiger partial charge in [-0.25, -0.2) is 0 Å². The predicted molar refractivity (Wildman–Crippen MR) is 82.1 cm³/mol. The Hall–Kier alpha value is -1.51. The number of hydrogen-bond acceptors (Lipinski definition) is 3. The number of rotatable bonds is 1. The highest BCUT2D eigenvalue weighted by Gasteiger charge is 2.56. The summed E-state index contributed by atoms with van der Waals surface area (Å²) >= 11 is 0. The van der Waals surface area contributed by atoms with Crippen molar-refractivity contribution in [1.29, 1.82) is 0 Å². The molecule has 6 rings (SSSR count). The molecule has 0 saturated heterocycles. The molecule has 3 heteroatoms. The molecule has 1 unspecified atom stereocenters. The van der Waals surface area contributed by atoms with E-state index in [0.29, 0.717) is 17.7 Å². The Balaban J connectivity index is 1.50. The number of carbonyl (C=O) groups excluding carboxylic acids is 1. The third-order valence-electron chi connectivity index (χ3n) is 6.67. The zero-order valence-electron chi connectivity index (χ0n) is 12.8. The van der Waals surface area contributed by atoms with Crippen molar-refractivity contribution in [2.24, 2.45) is 23.2 Å². The number of aromatic hydroxyl groups is 1. The summed E-state index contributed by atoms with van der Waals surface area (Å²) in [4.78, 5) is 12.6. The van der Waals surface area contributed by atoms with E-state index < -0.39 is 0 Å². The summed E-state index contributed by atoms with van der Waals surface area (Å²) in [7, 11) is 0. The van der Waals surface area contributed by atoms with Gasteiger partial charge < -0.3 is 9.84 Å². The largest absolute Gasteiger partial charge is 0.508 e. The zero-order chi connectivity index (χ0) is 14.9. The number of Topliss-reactive ketones (excluding diaryl/α,β-unsaturated/α-hetero) is 1. The number of benzene rings is 1. The molecule has 22 heavy (non-hydrogen) atoms. The maximum Gasteiger partial charge on any atom is 0.170 e. The third-order valence-corrected chi connectivity index (χ3v) is 6.67. The molecule has 1 atom stereocenters. The van der Waals surface area contributed by atoms with Crippen LogP contribution in [0, 0.1) is 23.2 Å². The summed E-state index contributed by atoms with van der Waals surface area (Å²) < 4.78 is 6.31. The summed E-state index contributed by atoms with van der Waals surface area (Å²) in [5, 5.41) is 9.59. The van der Waals surface area contributed by atoms with Crippen LogP contribution in [0.2, 0.25) is 0 Å². The number of carbonyl (C=O) groups is 1. The van der Waals surface area contributed by atoms with Crippen LogP contribution >= 0.6 is 0 Å². The van der Waals surface area contributed by atoms with Gasteiger partial charge >= 0.3 is 0 Å². The van der Waals surface area contributed by atoms with Crippen molar-refractivity contribution in [2.45, 2.75) is 51.0 Å². The highest BCUT2D eigenvalue weighted by atomic mass is 16.5. The molecule has 0 spiro atoms. The van der Waals surface area contributed by atoms with Gasteiger partial charge in [-0.15, -0.1) is 0 Å². The second kappa shape index (κ2) is 4.27. The van der Waals surface area contributed by atoms with Gasteiger partial charge in [-0.05, 0) is 74.5 Å². The second-order valence-electron chi connectivity index (χ2n) is 8.19. The molecule has 4 saturated carbocycles. The van der Waals surface area contributed by atoms with E-state index in [2.05, 4.69) is 0 Å². The van der Waals surface area contributed by atoms with Gasteiger partial charge in [0.15, 0.2) is 5.78 Å². The first-order chi connectivity index (χ1) is 10.6. The number of phenolic OH excluding ortho intramolecular Hbond substituents is 1. The maximum atomic E-state index is 12.6.